The molecule has 0 saturated carbocycles. The first-order chi connectivity index (χ1) is 9.52. The zero-order chi connectivity index (χ0) is 14.7. The van der Waals surface area contributed by atoms with Gasteiger partial charge in [0.05, 0.1) is 22.2 Å². The fourth-order valence-electron chi connectivity index (χ4n) is 1.73. The van der Waals surface area contributed by atoms with Gasteiger partial charge in [-0.05, 0) is 37.3 Å². The molecular formula is C15H10ClNO3. The van der Waals surface area contributed by atoms with Gasteiger partial charge in [-0.25, -0.2) is 4.79 Å². The molecule has 0 aliphatic rings. The predicted molar refractivity (Wildman–Crippen MR) is 74.4 cm³/mol. The van der Waals surface area contributed by atoms with Crippen molar-refractivity contribution in [1.82, 2.24) is 0 Å². The van der Waals surface area contributed by atoms with E-state index in [0.717, 1.165) is 0 Å². The van der Waals surface area contributed by atoms with Gasteiger partial charge in [0.15, 0.2) is 0 Å². The van der Waals surface area contributed by atoms with E-state index in [1.807, 2.05) is 6.07 Å². The average Bonchev–Trinajstić information content (AvgIpc) is 2.42. The van der Waals surface area contributed by atoms with Gasteiger partial charge in [0.25, 0.3) is 0 Å². The predicted octanol–water partition coefficient (Wildman–Crippen LogP) is 4.01. The van der Waals surface area contributed by atoms with Crippen LogP contribution < -0.4 is 4.74 Å². The second-order valence-electron chi connectivity index (χ2n) is 4.09. The lowest BCUT2D eigenvalue weighted by Gasteiger charge is -2.11. The largest absolute Gasteiger partial charge is 0.478 e. The molecule has 0 fully saturated rings. The van der Waals surface area contributed by atoms with Crippen molar-refractivity contribution in [3.05, 3.63) is 58.1 Å². The number of nitrogens with zero attached hydrogens (tertiary/aromatic N) is 1. The van der Waals surface area contributed by atoms with E-state index in [0.29, 0.717) is 27.6 Å². The molecule has 0 aromatic heterocycles. The lowest BCUT2D eigenvalue weighted by molar-refractivity contribution is 0.0695. The van der Waals surface area contributed by atoms with E-state index >= 15 is 0 Å². The number of hydrogen-bond donors (Lipinski definition) is 1. The molecule has 4 nitrogen and oxygen atoms in total. The topological polar surface area (TPSA) is 70.3 Å². The summed E-state index contributed by atoms with van der Waals surface area (Å²) in [5, 5.41) is 18.1. The van der Waals surface area contributed by atoms with E-state index in [4.69, 9.17) is 26.7 Å². The summed E-state index contributed by atoms with van der Waals surface area (Å²) < 4.78 is 5.63. The first kappa shape index (κ1) is 13.9. The number of carboxylic acid groups (broad SMARTS) is 1. The molecule has 20 heavy (non-hydrogen) atoms. The van der Waals surface area contributed by atoms with Crippen LogP contribution in [0.5, 0.6) is 11.5 Å². The summed E-state index contributed by atoms with van der Waals surface area (Å²) in [6.45, 7) is 1.66. The number of benzene rings is 2. The number of carbonyl (C=O) groups is 1. The molecule has 0 radical (unpaired) electrons. The van der Waals surface area contributed by atoms with Crippen molar-refractivity contribution in [2.75, 3.05) is 0 Å². The molecule has 0 saturated heterocycles. The first-order valence-corrected chi connectivity index (χ1v) is 6.11. The van der Waals surface area contributed by atoms with E-state index in [2.05, 4.69) is 0 Å². The molecule has 0 unspecified atom stereocenters. The summed E-state index contributed by atoms with van der Waals surface area (Å²) in [6.07, 6.45) is 0. The standard InChI is InChI=1S/C15H10ClNO3/c1-9-11(15(18)19)3-2-4-13(9)20-14-6-5-10(8-17)7-12(14)16/h2-7H,1H3,(H,18,19). The summed E-state index contributed by atoms with van der Waals surface area (Å²) in [7, 11) is 0. The molecule has 0 spiro atoms. The Labute approximate surface area is 120 Å². The van der Waals surface area contributed by atoms with Crippen LogP contribution in [0.15, 0.2) is 36.4 Å². The second-order valence-corrected chi connectivity index (χ2v) is 4.50. The van der Waals surface area contributed by atoms with Gasteiger partial charge in [-0.3, -0.25) is 0 Å². The highest BCUT2D eigenvalue weighted by molar-refractivity contribution is 6.32. The van der Waals surface area contributed by atoms with Gasteiger partial charge >= 0.3 is 5.97 Å². The molecule has 2 aromatic carbocycles. The Hall–Kier alpha value is -2.51. The third-order valence-corrected chi connectivity index (χ3v) is 3.09. The van der Waals surface area contributed by atoms with Crippen LogP contribution >= 0.6 is 11.6 Å². The Bertz CT molecular complexity index is 720. The van der Waals surface area contributed by atoms with Crippen LogP contribution in [-0.4, -0.2) is 11.1 Å². The molecule has 100 valence electrons. The van der Waals surface area contributed by atoms with Crippen LogP contribution in [0.2, 0.25) is 5.02 Å². The van der Waals surface area contributed by atoms with Crippen LogP contribution in [0.25, 0.3) is 0 Å². The SMILES string of the molecule is Cc1c(Oc2ccc(C#N)cc2Cl)cccc1C(=O)O. The van der Waals surface area contributed by atoms with E-state index in [9.17, 15) is 4.79 Å². The minimum absolute atomic E-state index is 0.173. The van der Waals surface area contributed by atoms with Crippen LogP contribution in [0.1, 0.15) is 21.5 Å². The molecule has 0 amide bonds. The minimum Gasteiger partial charge on any atom is -0.478 e. The Kier molecular flexibility index (Phi) is 3.92. The number of carboxylic acids is 1. The quantitative estimate of drug-likeness (QED) is 0.926. The summed E-state index contributed by atoms with van der Waals surface area (Å²) in [5.41, 5.74) is 1.12. The Balaban J connectivity index is 2.38. The van der Waals surface area contributed by atoms with Gasteiger partial charge in [-0.15, -0.1) is 0 Å². The molecule has 0 atom stereocenters. The van der Waals surface area contributed by atoms with Gasteiger partial charge in [0.1, 0.15) is 11.5 Å². The van der Waals surface area contributed by atoms with Crippen molar-refractivity contribution in [2.45, 2.75) is 6.92 Å². The number of hydrogen-bond acceptors (Lipinski definition) is 3. The fourth-order valence-corrected chi connectivity index (χ4v) is 1.95. The molecule has 1 N–H and O–H groups in total. The Morgan fingerprint density at radius 3 is 2.65 bits per heavy atom. The lowest BCUT2D eigenvalue weighted by Crippen LogP contribution is -2.01. The molecular weight excluding hydrogens is 278 g/mol. The van der Waals surface area contributed by atoms with Gasteiger partial charge in [0.2, 0.25) is 0 Å². The van der Waals surface area contributed by atoms with Crippen molar-refractivity contribution >= 4 is 17.6 Å². The van der Waals surface area contributed by atoms with Crippen LogP contribution in [0.3, 0.4) is 0 Å². The third-order valence-electron chi connectivity index (χ3n) is 2.80. The maximum atomic E-state index is 11.1. The number of halogens is 1. The number of rotatable bonds is 3. The highest BCUT2D eigenvalue weighted by atomic mass is 35.5. The Morgan fingerprint density at radius 2 is 2.05 bits per heavy atom. The maximum Gasteiger partial charge on any atom is 0.336 e. The highest BCUT2D eigenvalue weighted by Crippen LogP contribution is 2.32. The normalized spacial score (nSPS) is 9.85. The van der Waals surface area contributed by atoms with Crippen LogP contribution in [-0.2, 0) is 0 Å². The van der Waals surface area contributed by atoms with Crippen LogP contribution in [0.4, 0.5) is 0 Å². The van der Waals surface area contributed by atoms with Gasteiger partial charge in [-0.2, -0.15) is 5.26 Å². The lowest BCUT2D eigenvalue weighted by atomic mass is 10.1. The molecule has 0 heterocycles. The monoisotopic (exact) mass is 287 g/mol. The summed E-state index contributed by atoms with van der Waals surface area (Å²) in [6, 6.07) is 11.4. The average molecular weight is 288 g/mol. The number of ether oxygens (including phenoxy) is 1. The summed E-state index contributed by atoms with van der Waals surface area (Å²) in [5.74, 6) is -0.230. The Morgan fingerprint density at radius 1 is 1.30 bits per heavy atom. The van der Waals surface area contributed by atoms with Crippen LogP contribution in [0, 0.1) is 18.3 Å². The maximum absolute atomic E-state index is 11.1. The van der Waals surface area contributed by atoms with Crippen molar-refractivity contribution in [1.29, 1.82) is 5.26 Å². The van der Waals surface area contributed by atoms with E-state index in [1.54, 1.807) is 31.2 Å². The molecule has 2 aromatic rings. The molecule has 5 heteroatoms. The smallest absolute Gasteiger partial charge is 0.336 e. The van der Waals surface area contributed by atoms with Crippen molar-refractivity contribution < 1.29 is 14.6 Å². The van der Waals surface area contributed by atoms with E-state index in [-0.39, 0.29) is 5.56 Å². The molecule has 0 aliphatic carbocycles. The van der Waals surface area contributed by atoms with Crippen molar-refractivity contribution in [2.24, 2.45) is 0 Å². The molecule has 0 bridgehead atoms. The first-order valence-electron chi connectivity index (χ1n) is 5.73. The van der Waals surface area contributed by atoms with Gasteiger partial charge in [-0.1, -0.05) is 17.7 Å². The van der Waals surface area contributed by atoms with Crippen molar-refractivity contribution in [3.63, 3.8) is 0 Å². The second kappa shape index (κ2) is 5.64. The minimum atomic E-state index is -1.01. The van der Waals surface area contributed by atoms with E-state index in [1.165, 1.54) is 12.1 Å². The fraction of sp³-hybridized carbons (Fsp3) is 0.0667. The van der Waals surface area contributed by atoms with Crippen molar-refractivity contribution in [3.8, 4) is 17.6 Å². The molecule has 2 rings (SSSR count). The number of aromatic carboxylic acids is 1. The van der Waals surface area contributed by atoms with E-state index < -0.39 is 5.97 Å². The number of nitriles is 1. The van der Waals surface area contributed by atoms with Gasteiger partial charge < -0.3 is 9.84 Å². The highest BCUT2D eigenvalue weighted by Gasteiger charge is 2.12. The zero-order valence-electron chi connectivity index (χ0n) is 10.6. The molecule has 0 aliphatic heterocycles. The third kappa shape index (κ3) is 2.73. The summed E-state index contributed by atoms with van der Waals surface area (Å²) in [4.78, 5) is 11.1. The summed E-state index contributed by atoms with van der Waals surface area (Å²) >= 11 is 6.02. The zero-order valence-corrected chi connectivity index (χ0v) is 11.3. The van der Waals surface area contributed by atoms with Gasteiger partial charge in [0, 0.05) is 5.56 Å².